The topological polar surface area (TPSA) is 69.0 Å². The number of benzene rings is 1. The van der Waals surface area contributed by atoms with Gasteiger partial charge in [-0.25, -0.2) is 0 Å². The minimum atomic E-state index is -0.0185. The van der Waals surface area contributed by atoms with Crippen molar-refractivity contribution < 1.29 is 9.53 Å². The van der Waals surface area contributed by atoms with E-state index >= 15 is 0 Å². The number of rotatable bonds is 5. The standard InChI is InChI=1S/C16H20N4O2/c21-16(17-7-3-9-20-10-8-18-19-20)14-6-11-22-15-5-2-1-4-13(15)12-14/h1-2,4-5,8,10,14H,3,6-7,9,11-12H2,(H,17,21). The zero-order valence-corrected chi connectivity index (χ0v) is 12.4. The monoisotopic (exact) mass is 300 g/mol. The number of carbonyl (C=O) groups excluding carboxylic acids is 1. The lowest BCUT2D eigenvalue weighted by atomic mass is 9.96. The molecule has 1 amide bonds. The molecule has 6 heteroatoms. The van der Waals surface area contributed by atoms with Gasteiger partial charge in [0.1, 0.15) is 5.75 Å². The minimum Gasteiger partial charge on any atom is -0.493 e. The summed E-state index contributed by atoms with van der Waals surface area (Å²) < 4.78 is 7.47. The average molecular weight is 300 g/mol. The maximum Gasteiger partial charge on any atom is 0.223 e. The first kappa shape index (κ1) is 14.6. The van der Waals surface area contributed by atoms with E-state index in [1.54, 1.807) is 10.9 Å². The minimum absolute atomic E-state index is 0.0185. The highest BCUT2D eigenvalue weighted by Crippen LogP contribution is 2.26. The van der Waals surface area contributed by atoms with E-state index in [4.69, 9.17) is 4.74 Å². The van der Waals surface area contributed by atoms with Gasteiger partial charge < -0.3 is 10.1 Å². The lowest BCUT2D eigenvalue weighted by Gasteiger charge is -2.13. The fraction of sp³-hybridized carbons (Fsp3) is 0.438. The number of hydrogen-bond acceptors (Lipinski definition) is 4. The van der Waals surface area contributed by atoms with Crippen LogP contribution in [0.2, 0.25) is 0 Å². The molecule has 116 valence electrons. The quantitative estimate of drug-likeness (QED) is 0.848. The van der Waals surface area contributed by atoms with Crippen LogP contribution in [0.15, 0.2) is 36.7 Å². The third-order valence-corrected chi connectivity index (χ3v) is 3.87. The Balaban J connectivity index is 1.48. The molecule has 22 heavy (non-hydrogen) atoms. The Morgan fingerprint density at radius 2 is 2.32 bits per heavy atom. The molecule has 1 aliphatic heterocycles. The molecule has 0 spiro atoms. The summed E-state index contributed by atoms with van der Waals surface area (Å²) in [4.78, 5) is 12.3. The third-order valence-electron chi connectivity index (χ3n) is 3.87. The summed E-state index contributed by atoms with van der Waals surface area (Å²) >= 11 is 0. The summed E-state index contributed by atoms with van der Waals surface area (Å²) in [5, 5.41) is 10.7. The maximum absolute atomic E-state index is 12.3. The number of aryl methyl sites for hydroxylation is 1. The first-order valence-corrected chi connectivity index (χ1v) is 7.65. The molecule has 6 nitrogen and oxygen atoms in total. The van der Waals surface area contributed by atoms with Gasteiger partial charge >= 0.3 is 0 Å². The highest BCUT2D eigenvalue weighted by Gasteiger charge is 2.23. The number of aromatic nitrogens is 3. The van der Waals surface area contributed by atoms with E-state index in [1.165, 1.54) is 0 Å². The third kappa shape index (κ3) is 3.63. The van der Waals surface area contributed by atoms with Crippen LogP contribution in [0.25, 0.3) is 0 Å². The summed E-state index contributed by atoms with van der Waals surface area (Å²) in [7, 11) is 0. The van der Waals surface area contributed by atoms with Gasteiger partial charge in [-0.05, 0) is 30.9 Å². The smallest absolute Gasteiger partial charge is 0.223 e. The van der Waals surface area contributed by atoms with E-state index in [0.717, 1.165) is 37.1 Å². The zero-order chi connectivity index (χ0) is 15.2. The van der Waals surface area contributed by atoms with Crippen molar-refractivity contribution in [1.29, 1.82) is 0 Å². The summed E-state index contributed by atoms with van der Waals surface area (Å²) in [6, 6.07) is 7.95. The van der Waals surface area contributed by atoms with Gasteiger partial charge in [0.15, 0.2) is 0 Å². The first-order chi connectivity index (χ1) is 10.8. The number of para-hydroxylation sites is 1. The molecule has 3 rings (SSSR count). The Bertz CT molecular complexity index is 612. The fourth-order valence-electron chi connectivity index (χ4n) is 2.66. The fourth-order valence-corrected chi connectivity index (χ4v) is 2.66. The average Bonchev–Trinajstić information content (AvgIpc) is 2.95. The summed E-state index contributed by atoms with van der Waals surface area (Å²) in [6.07, 6.45) is 5.81. The van der Waals surface area contributed by atoms with Crippen molar-refractivity contribution in [3.05, 3.63) is 42.2 Å². The van der Waals surface area contributed by atoms with Crippen LogP contribution in [0, 0.1) is 5.92 Å². The molecule has 0 aliphatic carbocycles. The number of fused-ring (bicyclic) bond motifs is 1. The Morgan fingerprint density at radius 3 is 3.18 bits per heavy atom. The van der Waals surface area contributed by atoms with Crippen molar-refractivity contribution in [3.8, 4) is 5.75 Å². The molecular weight excluding hydrogens is 280 g/mol. The number of amides is 1. The Morgan fingerprint density at radius 1 is 1.41 bits per heavy atom. The summed E-state index contributed by atoms with van der Waals surface area (Å²) in [5.74, 6) is 0.998. The molecular formula is C16H20N4O2. The lowest BCUT2D eigenvalue weighted by molar-refractivity contribution is -0.125. The van der Waals surface area contributed by atoms with Crippen molar-refractivity contribution in [2.45, 2.75) is 25.8 Å². The van der Waals surface area contributed by atoms with Gasteiger partial charge in [0.25, 0.3) is 0 Å². The second-order valence-corrected chi connectivity index (χ2v) is 5.46. The largest absolute Gasteiger partial charge is 0.493 e. The molecule has 0 saturated carbocycles. The molecule has 1 N–H and O–H groups in total. The summed E-state index contributed by atoms with van der Waals surface area (Å²) in [5.41, 5.74) is 1.11. The first-order valence-electron chi connectivity index (χ1n) is 7.65. The SMILES string of the molecule is O=C(NCCCn1ccnn1)C1CCOc2ccccc2C1. The Labute approximate surface area is 129 Å². The second-order valence-electron chi connectivity index (χ2n) is 5.46. The molecule has 0 saturated heterocycles. The number of ether oxygens (including phenoxy) is 1. The van der Waals surface area contributed by atoms with Crippen LogP contribution in [-0.4, -0.2) is 34.1 Å². The number of nitrogens with one attached hydrogen (secondary N) is 1. The van der Waals surface area contributed by atoms with Gasteiger partial charge in [-0.1, -0.05) is 23.4 Å². The summed E-state index contributed by atoms with van der Waals surface area (Å²) in [6.45, 7) is 2.00. The molecule has 1 unspecified atom stereocenters. The highest BCUT2D eigenvalue weighted by atomic mass is 16.5. The van der Waals surface area contributed by atoms with Gasteiger partial charge in [-0.15, -0.1) is 5.10 Å². The van der Waals surface area contributed by atoms with Gasteiger partial charge in [-0.2, -0.15) is 0 Å². The predicted octanol–water partition coefficient (Wildman–Crippen LogP) is 1.43. The molecule has 1 aliphatic rings. The van der Waals surface area contributed by atoms with E-state index in [9.17, 15) is 4.79 Å². The Hall–Kier alpha value is -2.37. The molecule has 1 aromatic heterocycles. The maximum atomic E-state index is 12.3. The molecule has 2 aromatic rings. The van der Waals surface area contributed by atoms with Gasteiger partial charge in [0.2, 0.25) is 5.91 Å². The molecule has 2 heterocycles. The van der Waals surface area contributed by atoms with Crippen molar-refractivity contribution in [1.82, 2.24) is 20.3 Å². The molecule has 0 radical (unpaired) electrons. The van der Waals surface area contributed by atoms with E-state index in [0.29, 0.717) is 13.2 Å². The van der Waals surface area contributed by atoms with Gasteiger partial charge in [-0.3, -0.25) is 9.48 Å². The number of nitrogens with zero attached hydrogens (tertiary/aromatic N) is 3. The Kier molecular flexibility index (Phi) is 4.68. The van der Waals surface area contributed by atoms with Crippen LogP contribution < -0.4 is 10.1 Å². The number of carbonyl (C=O) groups is 1. The van der Waals surface area contributed by atoms with Crippen molar-refractivity contribution in [3.63, 3.8) is 0 Å². The lowest BCUT2D eigenvalue weighted by Crippen LogP contribution is -2.33. The van der Waals surface area contributed by atoms with Crippen molar-refractivity contribution in [2.24, 2.45) is 5.92 Å². The zero-order valence-electron chi connectivity index (χ0n) is 12.4. The molecule has 0 bridgehead atoms. The second kappa shape index (κ2) is 7.06. The van der Waals surface area contributed by atoms with Crippen LogP contribution in [-0.2, 0) is 17.8 Å². The van der Waals surface area contributed by atoms with Gasteiger partial charge in [0, 0.05) is 25.2 Å². The molecule has 1 atom stereocenters. The van der Waals surface area contributed by atoms with Crippen LogP contribution in [0.3, 0.4) is 0 Å². The van der Waals surface area contributed by atoms with Crippen LogP contribution >= 0.6 is 0 Å². The van der Waals surface area contributed by atoms with Gasteiger partial charge in [0.05, 0.1) is 12.8 Å². The predicted molar refractivity (Wildman–Crippen MR) is 81.4 cm³/mol. The van der Waals surface area contributed by atoms with E-state index in [-0.39, 0.29) is 11.8 Å². The van der Waals surface area contributed by atoms with E-state index in [2.05, 4.69) is 15.6 Å². The number of hydrogen-bond donors (Lipinski definition) is 1. The van der Waals surface area contributed by atoms with Crippen LogP contribution in [0.5, 0.6) is 5.75 Å². The van der Waals surface area contributed by atoms with Crippen LogP contribution in [0.1, 0.15) is 18.4 Å². The van der Waals surface area contributed by atoms with Crippen molar-refractivity contribution >= 4 is 5.91 Å². The van der Waals surface area contributed by atoms with Crippen LogP contribution in [0.4, 0.5) is 0 Å². The van der Waals surface area contributed by atoms with E-state index < -0.39 is 0 Å². The molecule has 0 fully saturated rings. The highest BCUT2D eigenvalue weighted by molar-refractivity contribution is 5.79. The van der Waals surface area contributed by atoms with E-state index in [1.807, 2.05) is 30.5 Å². The molecule has 1 aromatic carbocycles. The normalized spacial score (nSPS) is 17.2. The van der Waals surface area contributed by atoms with Crippen molar-refractivity contribution in [2.75, 3.05) is 13.2 Å².